The van der Waals surface area contributed by atoms with Crippen molar-refractivity contribution in [1.29, 1.82) is 0 Å². The molecule has 1 heterocycles. The van der Waals surface area contributed by atoms with Crippen LogP contribution in [0.25, 0.3) is 11.3 Å². The molecule has 2 rings (SSSR count). The van der Waals surface area contributed by atoms with Gasteiger partial charge in [-0.05, 0) is 46.1 Å². The van der Waals surface area contributed by atoms with Gasteiger partial charge in [-0.15, -0.1) is 0 Å². The highest BCUT2D eigenvalue weighted by molar-refractivity contribution is 6.47. The van der Waals surface area contributed by atoms with E-state index in [1.165, 1.54) is 0 Å². The molecule has 0 aliphatic rings. The van der Waals surface area contributed by atoms with Crippen molar-refractivity contribution in [1.82, 2.24) is 4.98 Å². The van der Waals surface area contributed by atoms with Gasteiger partial charge < -0.3 is 9.76 Å². The molecule has 0 spiro atoms. The number of aliphatic hydroxyl groups is 1. The number of aromatic nitrogens is 1. The van der Waals surface area contributed by atoms with Gasteiger partial charge in [0.15, 0.2) is 0 Å². The molecule has 1 radical (unpaired) electrons. The quantitative estimate of drug-likeness (QED) is 0.863. The Balaban J connectivity index is 2.15. The number of pyridine rings is 1. The first-order valence-corrected chi connectivity index (χ1v) is 7.46. The van der Waals surface area contributed by atoms with Crippen LogP contribution < -0.4 is 5.46 Å². The fraction of sp³-hybridized carbons (Fsp3) is 0.389. The number of hydrogen-bond acceptors (Lipinski definition) is 3. The van der Waals surface area contributed by atoms with Gasteiger partial charge in [0, 0.05) is 11.8 Å². The zero-order chi connectivity index (χ0) is 16.4. The van der Waals surface area contributed by atoms with Crippen molar-refractivity contribution in [3.8, 4) is 11.3 Å². The van der Waals surface area contributed by atoms with Crippen LogP contribution in [0, 0.1) is 6.92 Å². The summed E-state index contributed by atoms with van der Waals surface area (Å²) in [6.45, 7) is 9.24. The molecule has 0 saturated heterocycles. The molecule has 0 bridgehead atoms. The SMILES string of the molecule is Cc1cc(-c2ccccc2)ncc1[B]OC(C)(C)C(C)(C)O. The minimum atomic E-state index is -0.936. The molecule has 1 aromatic carbocycles. The summed E-state index contributed by atoms with van der Waals surface area (Å²) in [7, 11) is 1.68. The maximum atomic E-state index is 10.1. The third-order valence-electron chi connectivity index (χ3n) is 4.17. The molecule has 0 unspecified atom stereocenters. The summed E-state index contributed by atoms with van der Waals surface area (Å²) < 4.78 is 5.79. The lowest BCUT2D eigenvalue weighted by molar-refractivity contribution is -0.0893. The first-order valence-electron chi connectivity index (χ1n) is 7.46. The van der Waals surface area contributed by atoms with Crippen LogP contribution in [-0.2, 0) is 4.65 Å². The normalized spacial score (nSPS) is 12.3. The monoisotopic (exact) mass is 296 g/mol. The Bertz CT molecular complexity index is 633. The Morgan fingerprint density at radius 1 is 1.09 bits per heavy atom. The average molecular weight is 296 g/mol. The van der Waals surface area contributed by atoms with Gasteiger partial charge in [-0.3, -0.25) is 4.98 Å². The van der Waals surface area contributed by atoms with Crippen LogP contribution in [0.2, 0.25) is 0 Å². The van der Waals surface area contributed by atoms with E-state index in [9.17, 15) is 5.11 Å². The number of nitrogens with zero attached hydrogens (tertiary/aromatic N) is 1. The molecule has 1 N–H and O–H groups in total. The smallest absolute Gasteiger partial charge is 0.332 e. The first-order chi connectivity index (χ1) is 10.2. The Kier molecular flexibility index (Phi) is 4.73. The van der Waals surface area contributed by atoms with Gasteiger partial charge in [-0.1, -0.05) is 35.9 Å². The maximum absolute atomic E-state index is 10.1. The van der Waals surface area contributed by atoms with Crippen molar-refractivity contribution in [3.05, 3.63) is 48.2 Å². The predicted octanol–water partition coefficient (Wildman–Crippen LogP) is 2.87. The molecular formula is C18H23BNO2. The minimum absolute atomic E-state index is 0.683. The number of hydrogen-bond donors (Lipinski definition) is 1. The molecular weight excluding hydrogens is 273 g/mol. The lowest BCUT2D eigenvalue weighted by Gasteiger charge is -2.37. The third-order valence-corrected chi connectivity index (χ3v) is 4.17. The van der Waals surface area contributed by atoms with E-state index in [-0.39, 0.29) is 0 Å². The summed E-state index contributed by atoms with van der Waals surface area (Å²) in [6.07, 6.45) is 1.80. The molecule has 115 valence electrons. The highest BCUT2D eigenvalue weighted by atomic mass is 16.5. The van der Waals surface area contributed by atoms with E-state index in [1.54, 1.807) is 27.5 Å². The van der Waals surface area contributed by atoms with E-state index in [4.69, 9.17) is 4.65 Å². The lowest BCUT2D eigenvalue weighted by atomic mass is 9.81. The molecule has 0 aliphatic carbocycles. The van der Waals surface area contributed by atoms with Crippen LogP contribution in [-0.4, -0.2) is 28.8 Å². The molecule has 0 amide bonds. The predicted molar refractivity (Wildman–Crippen MR) is 91.3 cm³/mol. The molecule has 2 aromatic rings. The molecule has 0 fully saturated rings. The van der Waals surface area contributed by atoms with Gasteiger partial charge in [0.05, 0.1) is 16.9 Å². The second kappa shape index (κ2) is 6.23. The van der Waals surface area contributed by atoms with Gasteiger partial charge in [0.25, 0.3) is 0 Å². The Labute approximate surface area is 133 Å². The van der Waals surface area contributed by atoms with Crippen LogP contribution in [0.4, 0.5) is 0 Å². The number of benzene rings is 1. The second-order valence-corrected chi connectivity index (χ2v) is 6.60. The maximum Gasteiger partial charge on any atom is 0.332 e. The van der Waals surface area contributed by atoms with E-state index in [1.807, 2.05) is 57.2 Å². The zero-order valence-electron chi connectivity index (χ0n) is 13.9. The Morgan fingerprint density at radius 2 is 1.73 bits per heavy atom. The summed E-state index contributed by atoms with van der Waals surface area (Å²) >= 11 is 0. The van der Waals surface area contributed by atoms with Crippen molar-refractivity contribution in [2.24, 2.45) is 0 Å². The number of aryl methyl sites for hydroxylation is 1. The zero-order valence-corrected chi connectivity index (χ0v) is 13.9. The van der Waals surface area contributed by atoms with Crippen molar-refractivity contribution in [3.63, 3.8) is 0 Å². The van der Waals surface area contributed by atoms with Crippen LogP contribution >= 0.6 is 0 Å². The van der Waals surface area contributed by atoms with Crippen LogP contribution in [0.1, 0.15) is 33.3 Å². The highest BCUT2D eigenvalue weighted by Crippen LogP contribution is 2.24. The summed E-state index contributed by atoms with van der Waals surface area (Å²) in [5.41, 5.74) is 2.41. The summed E-state index contributed by atoms with van der Waals surface area (Å²) in [4.78, 5) is 4.50. The largest absolute Gasteiger partial charge is 0.427 e. The Hall–Kier alpha value is -1.65. The molecule has 0 saturated carbocycles. The second-order valence-electron chi connectivity index (χ2n) is 6.60. The van der Waals surface area contributed by atoms with Crippen molar-refractivity contribution < 1.29 is 9.76 Å². The molecule has 0 atom stereocenters. The van der Waals surface area contributed by atoms with Crippen LogP contribution in [0.5, 0.6) is 0 Å². The average Bonchev–Trinajstić information content (AvgIpc) is 2.45. The highest BCUT2D eigenvalue weighted by Gasteiger charge is 2.35. The molecule has 4 heteroatoms. The summed E-state index contributed by atoms with van der Waals surface area (Å²) in [5, 5.41) is 10.1. The summed E-state index contributed by atoms with van der Waals surface area (Å²) in [5.74, 6) is 0. The molecule has 0 aliphatic heterocycles. The molecule has 3 nitrogen and oxygen atoms in total. The summed E-state index contributed by atoms with van der Waals surface area (Å²) in [6, 6.07) is 12.1. The number of rotatable bonds is 5. The van der Waals surface area contributed by atoms with Gasteiger partial charge in [0.1, 0.15) is 0 Å². The van der Waals surface area contributed by atoms with Gasteiger partial charge in [-0.25, -0.2) is 0 Å². The van der Waals surface area contributed by atoms with Crippen molar-refractivity contribution >= 4 is 12.9 Å². The van der Waals surface area contributed by atoms with Gasteiger partial charge in [-0.2, -0.15) is 0 Å². The van der Waals surface area contributed by atoms with Crippen LogP contribution in [0.15, 0.2) is 42.6 Å². The van der Waals surface area contributed by atoms with Crippen molar-refractivity contribution in [2.75, 3.05) is 0 Å². The fourth-order valence-electron chi connectivity index (χ4n) is 1.81. The van der Waals surface area contributed by atoms with Crippen molar-refractivity contribution in [2.45, 2.75) is 45.8 Å². The lowest BCUT2D eigenvalue weighted by Crippen LogP contribution is -2.49. The van der Waals surface area contributed by atoms with E-state index in [0.29, 0.717) is 0 Å². The Morgan fingerprint density at radius 3 is 2.27 bits per heavy atom. The molecule has 22 heavy (non-hydrogen) atoms. The first kappa shape index (κ1) is 16.7. The van der Waals surface area contributed by atoms with Crippen LogP contribution in [0.3, 0.4) is 0 Å². The fourth-order valence-corrected chi connectivity index (χ4v) is 1.81. The minimum Gasteiger partial charge on any atom is -0.427 e. The van der Waals surface area contributed by atoms with Gasteiger partial charge in [0.2, 0.25) is 0 Å². The van der Waals surface area contributed by atoms with E-state index < -0.39 is 11.2 Å². The van der Waals surface area contributed by atoms with E-state index in [0.717, 1.165) is 22.3 Å². The van der Waals surface area contributed by atoms with Gasteiger partial charge >= 0.3 is 7.48 Å². The topological polar surface area (TPSA) is 42.4 Å². The third kappa shape index (κ3) is 3.76. The van der Waals surface area contributed by atoms with E-state index in [2.05, 4.69) is 4.98 Å². The molecule has 1 aromatic heterocycles. The standard InChI is InChI=1S/C18H23BNO2/c1-13-11-16(14-9-7-6-8-10-14)20-12-15(13)19-22-18(4,5)17(2,3)21/h6-12,21H,1-5H3. The van der Waals surface area contributed by atoms with E-state index >= 15 is 0 Å².